The minimum atomic E-state index is -1.05. The van der Waals surface area contributed by atoms with E-state index in [0.29, 0.717) is 24.8 Å². The van der Waals surface area contributed by atoms with Gasteiger partial charge in [0.05, 0.1) is 5.92 Å². The number of carboxylic acid groups (broad SMARTS) is 1. The van der Waals surface area contributed by atoms with Crippen LogP contribution in [0.4, 0.5) is 0 Å². The molecule has 0 aliphatic heterocycles. The third-order valence-corrected chi connectivity index (χ3v) is 3.87. The van der Waals surface area contributed by atoms with Crippen LogP contribution >= 0.6 is 0 Å². The zero-order chi connectivity index (χ0) is 15.4. The minimum absolute atomic E-state index is 0.0274. The van der Waals surface area contributed by atoms with Gasteiger partial charge in [-0.05, 0) is 31.3 Å². The molecule has 5 heteroatoms. The summed E-state index contributed by atoms with van der Waals surface area (Å²) in [5.74, 6) is -1.64. The summed E-state index contributed by atoms with van der Waals surface area (Å²) in [6.07, 6.45) is 9.70. The lowest BCUT2D eigenvalue weighted by atomic mass is 9.94. The molecule has 0 aromatic carbocycles. The molecular formula is C16H19NO4. The molecule has 2 aliphatic rings. The topological polar surface area (TPSA) is 97.5 Å². The maximum Gasteiger partial charge on any atom is 0.320 e. The molecule has 2 rings (SSSR count). The monoisotopic (exact) mass is 289 g/mol. The molecule has 0 saturated heterocycles. The number of hydrogen-bond acceptors (Lipinski definition) is 4. The van der Waals surface area contributed by atoms with Gasteiger partial charge in [0.15, 0.2) is 5.78 Å². The van der Waals surface area contributed by atoms with Crippen molar-refractivity contribution in [1.82, 2.24) is 0 Å². The number of carboxylic acids is 1. The third-order valence-electron chi connectivity index (χ3n) is 3.87. The second-order valence-corrected chi connectivity index (χ2v) is 5.43. The highest BCUT2D eigenvalue weighted by Gasteiger charge is 2.31. The van der Waals surface area contributed by atoms with Crippen LogP contribution in [0.15, 0.2) is 35.5 Å². The molecule has 3 N–H and O–H groups in total. The van der Waals surface area contributed by atoms with Gasteiger partial charge in [-0.15, -0.1) is 0 Å². The normalized spacial score (nSPS) is 23.3. The summed E-state index contributed by atoms with van der Waals surface area (Å²) in [5.41, 5.74) is 6.83. The van der Waals surface area contributed by atoms with Crippen molar-refractivity contribution in [3.63, 3.8) is 0 Å². The van der Waals surface area contributed by atoms with Gasteiger partial charge in [0.2, 0.25) is 0 Å². The summed E-state index contributed by atoms with van der Waals surface area (Å²) in [6.45, 7) is 0. The predicted molar refractivity (Wildman–Crippen MR) is 77.5 cm³/mol. The second-order valence-electron chi connectivity index (χ2n) is 5.43. The number of ketones is 2. The quantitative estimate of drug-likeness (QED) is 0.748. The van der Waals surface area contributed by atoms with Crippen molar-refractivity contribution in [3.8, 4) is 0 Å². The smallest absolute Gasteiger partial charge is 0.320 e. The molecule has 0 aromatic heterocycles. The minimum Gasteiger partial charge on any atom is -0.480 e. The Morgan fingerprint density at radius 1 is 1.33 bits per heavy atom. The number of nitrogens with two attached hydrogens (primary N) is 1. The van der Waals surface area contributed by atoms with E-state index in [1.165, 1.54) is 0 Å². The Labute approximate surface area is 123 Å². The van der Waals surface area contributed by atoms with Gasteiger partial charge < -0.3 is 10.8 Å². The first-order valence-electron chi connectivity index (χ1n) is 7.11. The van der Waals surface area contributed by atoms with Crippen LogP contribution in [0.5, 0.6) is 0 Å². The molecule has 112 valence electrons. The van der Waals surface area contributed by atoms with Gasteiger partial charge in [0, 0.05) is 12.0 Å². The first-order valence-corrected chi connectivity index (χ1v) is 7.11. The maximum absolute atomic E-state index is 12.3. The lowest BCUT2D eigenvalue weighted by molar-refractivity contribution is -0.138. The van der Waals surface area contributed by atoms with Crippen LogP contribution in [0, 0.1) is 5.92 Å². The van der Waals surface area contributed by atoms with Gasteiger partial charge in [-0.2, -0.15) is 0 Å². The lowest BCUT2D eigenvalue weighted by Gasteiger charge is -2.07. The zero-order valence-electron chi connectivity index (χ0n) is 11.7. The zero-order valence-corrected chi connectivity index (χ0v) is 11.7. The molecule has 2 atom stereocenters. The van der Waals surface area contributed by atoms with E-state index in [0.717, 1.165) is 12.0 Å². The largest absolute Gasteiger partial charge is 0.480 e. The molecule has 5 nitrogen and oxygen atoms in total. The molecule has 2 unspecified atom stereocenters. The number of carbonyl (C=O) groups excluding carboxylic acids is 2. The number of carbonyl (C=O) groups is 3. The van der Waals surface area contributed by atoms with Crippen molar-refractivity contribution in [2.75, 3.05) is 0 Å². The summed E-state index contributed by atoms with van der Waals surface area (Å²) >= 11 is 0. The molecule has 0 amide bonds. The van der Waals surface area contributed by atoms with Crippen molar-refractivity contribution in [3.05, 3.63) is 35.5 Å². The first kappa shape index (κ1) is 15.4. The predicted octanol–water partition coefficient (Wildman–Crippen LogP) is 1.54. The van der Waals surface area contributed by atoms with Crippen LogP contribution in [0.2, 0.25) is 0 Å². The van der Waals surface area contributed by atoms with E-state index in [9.17, 15) is 14.4 Å². The van der Waals surface area contributed by atoms with Gasteiger partial charge in [0.1, 0.15) is 11.8 Å². The Bertz CT molecular complexity index is 557. The highest BCUT2D eigenvalue weighted by atomic mass is 16.4. The Morgan fingerprint density at radius 2 is 2.10 bits per heavy atom. The molecular weight excluding hydrogens is 270 g/mol. The standard InChI is InChI=1S/C16H19NO4/c17-13(16(20)21)9-10-3-1-4-11(8-7-10)15(19)12-5-2-6-14(12)18/h3-4,7-8,12-13H,1-2,5-6,9,17H2,(H,20,21). The number of aliphatic carboxylic acids is 1. The Morgan fingerprint density at radius 3 is 2.71 bits per heavy atom. The lowest BCUT2D eigenvalue weighted by Crippen LogP contribution is -2.30. The van der Waals surface area contributed by atoms with Crippen molar-refractivity contribution >= 4 is 17.5 Å². The van der Waals surface area contributed by atoms with E-state index in [2.05, 4.69) is 0 Å². The van der Waals surface area contributed by atoms with Gasteiger partial charge in [-0.1, -0.05) is 24.3 Å². The van der Waals surface area contributed by atoms with Crippen LogP contribution in [0.25, 0.3) is 0 Å². The van der Waals surface area contributed by atoms with E-state index in [1.807, 2.05) is 6.08 Å². The van der Waals surface area contributed by atoms with Crippen molar-refractivity contribution in [2.24, 2.45) is 11.7 Å². The highest BCUT2D eigenvalue weighted by Crippen LogP contribution is 2.26. The molecule has 0 aromatic rings. The third kappa shape index (κ3) is 3.76. The molecule has 0 spiro atoms. The van der Waals surface area contributed by atoms with Gasteiger partial charge in [-0.3, -0.25) is 14.4 Å². The van der Waals surface area contributed by atoms with Gasteiger partial charge in [-0.25, -0.2) is 0 Å². The van der Waals surface area contributed by atoms with Crippen LogP contribution in [-0.4, -0.2) is 28.7 Å². The number of rotatable bonds is 5. The summed E-state index contributed by atoms with van der Waals surface area (Å²) in [5, 5.41) is 8.81. The fourth-order valence-electron chi connectivity index (χ4n) is 2.64. The molecule has 1 saturated carbocycles. The molecule has 21 heavy (non-hydrogen) atoms. The van der Waals surface area contributed by atoms with Gasteiger partial charge >= 0.3 is 5.97 Å². The number of allylic oxidation sites excluding steroid dienone is 5. The van der Waals surface area contributed by atoms with E-state index >= 15 is 0 Å². The molecule has 0 bridgehead atoms. The summed E-state index contributed by atoms with van der Waals surface area (Å²) < 4.78 is 0. The van der Waals surface area contributed by atoms with Crippen molar-refractivity contribution in [1.29, 1.82) is 0 Å². The summed E-state index contributed by atoms with van der Waals surface area (Å²) in [6, 6.07) is -0.949. The average molecular weight is 289 g/mol. The average Bonchev–Trinajstić information content (AvgIpc) is 2.73. The number of Topliss-reactive ketones (excluding diaryl/α,β-unsaturated/α-hetero) is 2. The van der Waals surface area contributed by atoms with E-state index < -0.39 is 17.9 Å². The van der Waals surface area contributed by atoms with Crippen LogP contribution in [0.3, 0.4) is 0 Å². The SMILES string of the molecule is NC(CC1=CCC=C(C(=O)C2CCCC2=O)C=C1)C(=O)O. The number of hydrogen-bond donors (Lipinski definition) is 2. The fraction of sp³-hybridized carbons (Fsp3) is 0.438. The van der Waals surface area contributed by atoms with E-state index in [1.54, 1.807) is 18.2 Å². The highest BCUT2D eigenvalue weighted by molar-refractivity contribution is 6.12. The summed E-state index contributed by atoms with van der Waals surface area (Å²) in [7, 11) is 0. The first-order chi connectivity index (χ1) is 9.99. The molecule has 0 radical (unpaired) electrons. The Hall–Kier alpha value is -2.01. The van der Waals surface area contributed by atoms with Crippen LogP contribution < -0.4 is 5.73 Å². The molecule has 2 aliphatic carbocycles. The van der Waals surface area contributed by atoms with Gasteiger partial charge in [0.25, 0.3) is 0 Å². The van der Waals surface area contributed by atoms with E-state index in [-0.39, 0.29) is 18.0 Å². The van der Waals surface area contributed by atoms with E-state index in [4.69, 9.17) is 10.8 Å². The fourth-order valence-corrected chi connectivity index (χ4v) is 2.64. The van der Waals surface area contributed by atoms with Crippen molar-refractivity contribution in [2.45, 2.75) is 38.1 Å². The van der Waals surface area contributed by atoms with Crippen molar-refractivity contribution < 1.29 is 19.5 Å². The molecule has 1 fully saturated rings. The Kier molecular flexibility index (Phi) is 4.85. The summed E-state index contributed by atoms with van der Waals surface area (Å²) in [4.78, 5) is 34.7. The molecule has 0 heterocycles. The van der Waals surface area contributed by atoms with Crippen LogP contribution in [0.1, 0.15) is 32.1 Å². The Balaban J connectivity index is 2.03. The maximum atomic E-state index is 12.3. The van der Waals surface area contributed by atoms with Crippen LogP contribution in [-0.2, 0) is 14.4 Å². The second kappa shape index (κ2) is 6.63.